The maximum atomic E-state index is 5.32. The van der Waals surface area contributed by atoms with Crippen molar-refractivity contribution in [1.29, 1.82) is 0 Å². The highest BCUT2D eigenvalue weighted by atomic mass is 28.2. The van der Waals surface area contributed by atoms with Gasteiger partial charge in [-0.25, -0.2) is 0 Å². The summed E-state index contributed by atoms with van der Waals surface area (Å²) in [5.41, 5.74) is 1.46. The van der Waals surface area contributed by atoms with Gasteiger partial charge in [-0.1, -0.05) is 35.9 Å². The van der Waals surface area contributed by atoms with Crippen molar-refractivity contribution in [3.63, 3.8) is 0 Å². The Hall–Kier alpha value is -0.603. The molecule has 0 fully saturated rings. The first-order valence-electron chi connectivity index (χ1n) is 4.55. The maximum absolute atomic E-state index is 5.32. The predicted octanol–water partition coefficient (Wildman–Crippen LogP) is 1.35. The first kappa shape index (κ1) is 9.48. The van der Waals surface area contributed by atoms with Crippen molar-refractivity contribution >= 4 is 9.52 Å². The van der Waals surface area contributed by atoms with Gasteiger partial charge in [-0.15, -0.1) is 0 Å². The van der Waals surface area contributed by atoms with Crippen molar-refractivity contribution < 1.29 is 4.74 Å². The molecule has 0 spiro atoms. The number of hydrogen-bond donors (Lipinski definition) is 0. The van der Waals surface area contributed by atoms with Crippen LogP contribution in [0.3, 0.4) is 0 Å². The zero-order valence-electron chi connectivity index (χ0n) is 7.62. The first-order valence-corrected chi connectivity index (χ1v) is 6.55. The molecule has 0 radical (unpaired) electrons. The lowest BCUT2D eigenvalue weighted by atomic mass is 10.2. The van der Waals surface area contributed by atoms with Gasteiger partial charge in [0.25, 0.3) is 0 Å². The van der Waals surface area contributed by atoms with Crippen LogP contribution in [0.15, 0.2) is 30.3 Å². The van der Waals surface area contributed by atoms with Crippen LogP contribution in [0.2, 0.25) is 0 Å². The molecule has 1 rings (SSSR count). The summed E-state index contributed by atoms with van der Waals surface area (Å²) in [5.74, 6) is 0. The Kier molecular flexibility index (Phi) is 4.72. The summed E-state index contributed by atoms with van der Waals surface area (Å²) < 4.78 is 5.32. The lowest BCUT2D eigenvalue weighted by Gasteiger charge is -2.00. The van der Waals surface area contributed by atoms with Crippen LogP contribution in [-0.4, -0.2) is 22.4 Å². The van der Waals surface area contributed by atoms with Crippen molar-refractivity contribution in [2.75, 3.05) is 12.8 Å². The Balaban J connectivity index is 2.16. The van der Waals surface area contributed by atoms with Crippen molar-refractivity contribution in [3.8, 4) is 0 Å². The third-order valence-electron chi connectivity index (χ3n) is 1.80. The fraction of sp³-hybridized carbons (Fsp3) is 0.400. The molecule has 0 saturated carbocycles. The monoisotopic (exact) mass is 180 g/mol. The molecule has 0 atom stereocenters. The molecule has 0 aliphatic rings. The quantitative estimate of drug-likeness (QED) is 0.491. The SMILES string of the molecule is CCOC[SiH2]Cc1ccccc1. The van der Waals surface area contributed by atoms with Gasteiger partial charge in [0, 0.05) is 12.8 Å². The van der Waals surface area contributed by atoms with Gasteiger partial charge in [0.15, 0.2) is 0 Å². The molecular formula is C10H16OSi. The maximum Gasteiger partial charge on any atom is 0.0560 e. The number of ether oxygens (including phenoxy) is 1. The third-order valence-corrected chi connectivity index (χ3v) is 3.31. The van der Waals surface area contributed by atoms with Gasteiger partial charge >= 0.3 is 0 Å². The second-order valence-electron chi connectivity index (χ2n) is 2.79. The molecule has 0 aliphatic heterocycles. The molecule has 0 bridgehead atoms. The second-order valence-corrected chi connectivity index (χ2v) is 4.40. The van der Waals surface area contributed by atoms with E-state index < -0.39 is 0 Å². The highest BCUT2D eigenvalue weighted by molar-refractivity contribution is 6.34. The molecule has 0 saturated heterocycles. The summed E-state index contributed by atoms with van der Waals surface area (Å²) in [5, 5.41) is 0. The first-order chi connectivity index (χ1) is 5.93. The molecule has 0 unspecified atom stereocenters. The smallest absolute Gasteiger partial charge is 0.0560 e. The van der Waals surface area contributed by atoms with Crippen molar-refractivity contribution in [1.82, 2.24) is 0 Å². The summed E-state index contributed by atoms with van der Waals surface area (Å²) in [6.45, 7) is 2.92. The zero-order valence-corrected chi connectivity index (χ0v) is 9.04. The molecule has 1 aromatic rings. The van der Waals surface area contributed by atoms with Gasteiger partial charge in [0.05, 0.1) is 9.52 Å². The Morgan fingerprint density at radius 2 is 2.00 bits per heavy atom. The Bertz CT molecular complexity index is 198. The fourth-order valence-corrected chi connectivity index (χ4v) is 2.55. The van der Waals surface area contributed by atoms with E-state index >= 15 is 0 Å². The molecule has 0 heterocycles. The summed E-state index contributed by atoms with van der Waals surface area (Å²) in [4.78, 5) is 0. The molecule has 66 valence electrons. The van der Waals surface area contributed by atoms with Gasteiger partial charge in [-0.05, 0) is 13.0 Å². The summed E-state index contributed by atoms with van der Waals surface area (Å²) in [7, 11) is -0.0202. The van der Waals surface area contributed by atoms with Crippen LogP contribution in [-0.2, 0) is 10.8 Å². The molecule has 0 aliphatic carbocycles. The molecule has 0 amide bonds. The zero-order chi connectivity index (χ0) is 8.65. The van der Waals surface area contributed by atoms with Crippen LogP contribution in [0, 0.1) is 0 Å². The van der Waals surface area contributed by atoms with E-state index in [1.165, 1.54) is 11.6 Å². The minimum atomic E-state index is -0.0202. The van der Waals surface area contributed by atoms with Crippen LogP contribution in [0.25, 0.3) is 0 Å². The van der Waals surface area contributed by atoms with Gasteiger partial charge in [-0.2, -0.15) is 0 Å². The van der Waals surface area contributed by atoms with E-state index in [1.54, 1.807) is 0 Å². The van der Waals surface area contributed by atoms with E-state index in [4.69, 9.17) is 4.74 Å². The van der Waals surface area contributed by atoms with Crippen LogP contribution in [0.4, 0.5) is 0 Å². The molecule has 1 aromatic carbocycles. The Labute approximate surface area is 76.6 Å². The van der Waals surface area contributed by atoms with Crippen LogP contribution in [0.1, 0.15) is 12.5 Å². The third kappa shape index (κ3) is 3.69. The molecule has 1 nitrogen and oxygen atoms in total. The van der Waals surface area contributed by atoms with Crippen molar-refractivity contribution in [2.45, 2.75) is 13.0 Å². The predicted molar refractivity (Wildman–Crippen MR) is 55.2 cm³/mol. The van der Waals surface area contributed by atoms with Gasteiger partial charge in [0.1, 0.15) is 0 Å². The summed E-state index contributed by atoms with van der Waals surface area (Å²) in [6, 6.07) is 11.9. The fourth-order valence-electron chi connectivity index (χ4n) is 1.17. The Morgan fingerprint density at radius 1 is 1.25 bits per heavy atom. The van der Waals surface area contributed by atoms with E-state index in [9.17, 15) is 0 Å². The molecule has 0 aromatic heterocycles. The molecular weight excluding hydrogens is 164 g/mol. The van der Waals surface area contributed by atoms with Crippen LogP contribution >= 0.6 is 0 Å². The second kappa shape index (κ2) is 5.97. The molecule has 2 heteroatoms. The normalized spacial score (nSPS) is 11.1. The van der Waals surface area contributed by atoms with Crippen molar-refractivity contribution in [3.05, 3.63) is 35.9 Å². The summed E-state index contributed by atoms with van der Waals surface area (Å²) >= 11 is 0. The highest BCUT2D eigenvalue weighted by Crippen LogP contribution is 1.97. The minimum absolute atomic E-state index is 0.0202. The Morgan fingerprint density at radius 3 is 2.67 bits per heavy atom. The van der Waals surface area contributed by atoms with E-state index in [0.717, 1.165) is 12.8 Å². The lowest BCUT2D eigenvalue weighted by Crippen LogP contribution is -2.06. The van der Waals surface area contributed by atoms with E-state index in [2.05, 4.69) is 37.3 Å². The van der Waals surface area contributed by atoms with Gasteiger partial charge in [-0.3, -0.25) is 0 Å². The van der Waals surface area contributed by atoms with Crippen molar-refractivity contribution in [2.24, 2.45) is 0 Å². The number of rotatable bonds is 5. The number of hydrogen-bond acceptors (Lipinski definition) is 1. The number of benzene rings is 1. The van der Waals surface area contributed by atoms with E-state index in [1.807, 2.05) is 0 Å². The molecule has 12 heavy (non-hydrogen) atoms. The minimum Gasteiger partial charge on any atom is -0.386 e. The molecule has 0 N–H and O–H groups in total. The topological polar surface area (TPSA) is 9.23 Å². The van der Waals surface area contributed by atoms with Gasteiger partial charge in [0.2, 0.25) is 0 Å². The lowest BCUT2D eigenvalue weighted by molar-refractivity contribution is 0.192. The van der Waals surface area contributed by atoms with E-state index in [0.29, 0.717) is 0 Å². The van der Waals surface area contributed by atoms with Crippen LogP contribution < -0.4 is 0 Å². The summed E-state index contributed by atoms with van der Waals surface area (Å²) in [6.07, 6.45) is 1.02. The highest BCUT2D eigenvalue weighted by Gasteiger charge is 1.91. The largest absolute Gasteiger partial charge is 0.386 e. The van der Waals surface area contributed by atoms with E-state index in [-0.39, 0.29) is 9.52 Å². The van der Waals surface area contributed by atoms with Gasteiger partial charge < -0.3 is 4.74 Å². The van der Waals surface area contributed by atoms with Crippen LogP contribution in [0.5, 0.6) is 0 Å². The standard InChI is InChI=1S/C10H16OSi/c1-2-11-9-12-8-10-6-4-3-5-7-10/h3-7H,2,8-9,12H2,1H3. The average Bonchev–Trinajstić information content (AvgIpc) is 2.14. The average molecular weight is 180 g/mol.